The average Bonchev–Trinajstić information content (AvgIpc) is 2.67. The molecular weight excluding hydrogens is 331 g/mol. The second kappa shape index (κ2) is 8.58. The number of halogens is 1. The Morgan fingerprint density at radius 3 is 2.65 bits per heavy atom. The normalized spacial score (nSPS) is 10.7. The number of amides is 1. The third-order valence-corrected chi connectivity index (χ3v) is 3.49. The van der Waals surface area contributed by atoms with Crippen molar-refractivity contribution in [3.8, 4) is 5.75 Å². The summed E-state index contributed by atoms with van der Waals surface area (Å²) >= 11 is 0. The van der Waals surface area contributed by atoms with E-state index in [0.29, 0.717) is 11.4 Å². The van der Waals surface area contributed by atoms with Crippen LogP contribution in [0.1, 0.15) is 11.3 Å². The largest absolute Gasteiger partial charge is 0.484 e. The van der Waals surface area contributed by atoms with Crippen molar-refractivity contribution in [1.82, 2.24) is 4.98 Å². The number of hydrogen-bond acceptors (Lipinski definition) is 3. The summed E-state index contributed by atoms with van der Waals surface area (Å²) in [5, 5.41) is 2.77. The third-order valence-electron chi connectivity index (χ3n) is 3.49. The zero-order chi connectivity index (χ0) is 18.2. The van der Waals surface area contributed by atoms with Gasteiger partial charge in [-0.3, -0.25) is 9.78 Å². The van der Waals surface area contributed by atoms with E-state index in [2.05, 4.69) is 10.3 Å². The Hall–Kier alpha value is -3.47. The van der Waals surface area contributed by atoms with E-state index in [0.717, 1.165) is 11.3 Å². The summed E-state index contributed by atoms with van der Waals surface area (Å²) in [4.78, 5) is 16.2. The van der Waals surface area contributed by atoms with Gasteiger partial charge in [-0.1, -0.05) is 24.3 Å². The molecule has 0 spiro atoms. The molecule has 1 heterocycles. The monoisotopic (exact) mass is 348 g/mol. The quantitative estimate of drug-likeness (QED) is 0.718. The summed E-state index contributed by atoms with van der Waals surface area (Å²) in [5.41, 5.74) is 2.46. The predicted octanol–water partition coefficient (Wildman–Crippen LogP) is 4.41. The number of benzene rings is 2. The van der Waals surface area contributed by atoms with Gasteiger partial charge in [-0.05, 0) is 60.2 Å². The van der Waals surface area contributed by atoms with Crippen LogP contribution in [0.3, 0.4) is 0 Å². The molecule has 0 unspecified atom stereocenters. The maximum absolute atomic E-state index is 12.8. The van der Waals surface area contributed by atoms with Crippen molar-refractivity contribution in [1.29, 1.82) is 0 Å². The SMILES string of the molecule is O=C(COc1ccc(F)cc1)Nc1cccc(/C=C/c2ccccn2)c1. The Morgan fingerprint density at radius 2 is 1.88 bits per heavy atom. The van der Waals surface area contributed by atoms with Gasteiger partial charge in [0.25, 0.3) is 5.91 Å². The molecule has 3 aromatic rings. The van der Waals surface area contributed by atoms with Gasteiger partial charge in [0, 0.05) is 11.9 Å². The van der Waals surface area contributed by atoms with E-state index < -0.39 is 0 Å². The molecule has 5 heteroatoms. The number of pyridine rings is 1. The number of aromatic nitrogens is 1. The minimum atomic E-state index is -0.350. The third kappa shape index (κ3) is 5.27. The van der Waals surface area contributed by atoms with Gasteiger partial charge in [0.1, 0.15) is 11.6 Å². The molecule has 0 aliphatic carbocycles. The van der Waals surface area contributed by atoms with Crippen molar-refractivity contribution in [3.05, 3.63) is 90.0 Å². The van der Waals surface area contributed by atoms with Crippen molar-refractivity contribution in [2.75, 3.05) is 11.9 Å². The fourth-order valence-corrected chi connectivity index (χ4v) is 2.25. The Bertz CT molecular complexity index is 893. The van der Waals surface area contributed by atoms with Gasteiger partial charge in [0.2, 0.25) is 0 Å². The van der Waals surface area contributed by atoms with E-state index >= 15 is 0 Å². The molecule has 26 heavy (non-hydrogen) atoms. The zero-order valence-electron chi connectivity index (χ0n) is 13.9. The molecule has 130 valence electrons. The van der Waals surface area contributed by atoms with Crippen LogP contribution in [0.5, 0.6) is 5.75 Å². The van der Waals surface area contributed by atoms with E-state index in [1.807, 2.05) is 48.6 Å². The summed E-state index contributed by atoms with van der Waals surface area (Å²) in [5.74, 6) is -0.203. The summed E-state index contributed by atoms with van der Waals surface area (Å²) < 4.78 is 18.2. The van der Waals surface area contributed by atoms with Crippen LogP contribution >= 0.6 is 0 Å². The first kappa shape index (κ1) is 17.4. The molecule has 0 radical (unpaired) electrons. The summed E-state index contributed by atoms with van der Waals surface area (Å²) in [6, 6.07) is 18.7. The number of hydrogen-bond donors (Lipinski definition) is 1. The highest BCUT2D eigenvalue weighted by molar-refractivity contribution is 5.92. The number of nitrogens with zero attached hydrogens (tertiary/aromatic N) is 1. The van der Waals surface area contributed by atoms with Crippen molar-refractivity contribution in [2.45, 2.75) is 0 Å². The van der Waals surface area contributed by atoms with Gasteiger partial charge in [-0.25, -0.2) is 4.39 Å². The molecule has 4 nitrogen and oxygen atoms in total. The van der Waals surface area contributed by atoms with Crippen LogP contribution in [-0.4, -0.2) is 17.5 Å². The molecule has 3 rings (SSSR count). The maximum atomic E-state index is 12.8. The zero-order valence-corrected chi connectivity index (χ0v) is 13.9. The molecule has 0 aliphatic rings. The van der Waals surface area contributed by atoms with Crippen molar-refractivity contribution >= 4 is 23.7 Å². The molecular formula is C21H17FN2O2. The van der Waals surface area contributed by atoms with Crippen LogP contribution in [0.25, 0.3) is 12.2 Å². The number of carbonyl (C=O) groups is 1. The molecule has 0 saturated carbocycles. The van der Waals surface area contributed by atoms with Crippen LogP contribution in [0.2, 0.25) is 0 Å². The van der Waals surface area contributed by atoms with E-state index in [4.69, 9.17) is 4.74 Å². The van der Waals surface area contributed by atoms with E-state index in [1.165, 1.54) is 24.3 Å². The lowest BCUT2D eigenvalue weighted by Gasteiger charge is -2.08. The first-order valence-electron chi connectivity index (χ1n) is 8.06. The van der Waals surface area contributed by atoms with Gasteiger partial charge in [0.05, 0.1) is 5.69 Å². The summed E-state index contributed by atoms with van der Waals surface area (Å²) in [6.07, 6.45) is 5.56. The van der Waals surface area contributed by atoms with Gasteiger partial charge >= 0.3 is 0 Å². The number of anilines is 1. The lowest BCUT2D eigenvalue weighted by molar-refractivity contribution is -0.118. The first-order chi connectivity index (χ1) is 12.7. The minimum Gasteiger partial charge on any atom is -0.484 e. The molecule has 0 saturated heterocycles. The highest BCUT2D eigenvalue weighted by Gasteiger charge is 2.04. The Labute approximate surface area is 151 Å². The molecule has 1 aromatic heterocycles. The van der Waals surface area contributed by atoms with Gasteiger partial charge in [-0.2, -0.15) is 0 Å². The van der Waals surface area contributed by atoms with Crippen LogP contribution in [0.15, 0.2) is 72.9 Å². The van der Waals surface area contributed by atoms with Crippen LogP contribution in [0, 0.1) is 5.82 Å². The molecule has 0 fully saturated rings. The van der Waals surface area contributed by atoms with Crippen LogP contribution < -0.4 is 10.1 Å². The van der Waals surface area contributed by atoms with E-state index in [1.54, 1.807) is 12.3 Å². The number of ether oxygens (including phenoxy) is 1. The maximum Gasteiger partial charge on any atom is 0.262 e. The standard InChI is InChI=1S/C21H17FN2O2/c22-17-8-11-20(12-9-17)26-15-21(25)24-19-6-3-4-16(14-19)7-10-18-5-1-2-13-23-18/h1-14H,15H2,(H,24,25)/b10-7+. The molecule has 0 bridgehead atoms. The Balaban J connectivity index is 1.56. The van der Waals surface area contributed by atoms with E-state index in [9.17, 15) is 9.18 Å². The topological polar surface area (TPSA) is 51.2 Å². The van der Waals surface area contributed by atoms with Crippen molar-refractivity contribution in [2.24, 2.45) is 0 Å². The van der Waals surface area contributed by atoms with Gasteiger partial charge in [-0.15, -0.1) is 0 Å². The van der Waals surface area contributed by atoms with Crippen LogP contribution in [-0.2, 0) is 4.79 Å². The molecule has 0 aliphatic heterocycles. The van der Waals surface area contributed by atoms with Gasteiger partial charge in [0.15, 0.2) is 6.61 Å². The molecule has 2 aromatic carbocycles. The Morgan fingerprint density at radius 1 is 1.04 bits per heavy atom. The number of rotatable bonds is 6. The van der Waals surface area contributed by atoms with Crippen molar-refractivity contribution < 1.29 is 13.9 Å². The predicted molar refractivity (Wildman–Crippen MR) is 100 cm³/mol. The number of nitrogens with one attached hydrogen (secondary N) is 1. The fraction of sp³-hybridized carbons (Fsp3) is 0.0476. The van der Waals surface area contributed by atoms with Crippen molar-refractivity contribution in [3.63, 3.8) is 0 Å². The summed E-state index contributed by atoms with van der Waals surface area (Å²) in [7, 11) is 0. The average molecular weight is 348 g/mol. The van der Waals surface area contributed by atoms with E-state index in [-0.39, 0.29) is 18.3 Å². The van der Waals surface area contributed by atoms with Crippen LogP contribution in [0.4, 0.5) is 10.1 Å². The Kier molecular flexibility index (Phi) is 5.72. The summed E-state index contributed by atoms with van der Waals surface area (Å²) in [6.45, 7) is -0.153. The lowest BCUT2D eigenvalue weighted by Crippen LogP contribution is -2.20. The first-order valence-corrected chi connectivity index (χ1v) is 8.06. The number of carbonyl (C=O) groups excluding carboxylic acids is 1. The minimum absolute atomic E-state index is 0.153. The lowest BCUT2D eigenvalue weighted by atomic mass is 10.1. The molecule has 1 N–H and O–H groups in total. The molecule has 1 amide bonds. The second-order valence-electron chi connectivity index (χ2n) is 5.50. The smallest absolute Gasteiger partial charge is 0.262 e. The highest BCUT2D eigenvalue weighted by Crippen LogP contribution is 2.14. The van der Waals surface area contributed by atoms with Gasteiger partial charge < -0.3 is 10.1 Å². The highest BCUT2D eigenvalue weighted by atomic mass is 19.1. The fourth-order valence-electron chi connectivity index (χ4n) is 2.25. The molecule has 0 atom stereocenters. The second-order valence-corrected chi connectivity index (χ2v) is 5.50.